The predicted molar refractivity (Wildman–Crippen MR) is 168 cm³/mol. The van der Waals surface area contributed by atoms with E-state index >= 15 is 0 Å². The molecule has 5 nitrogen and oxygen atoms in total. The lowest BCUT2D eigenvalue weighted by Gasteiger charge is -2.43. The Hall–Kier alpha value is -3.16. The van der Waals surface area contributed by atoms with Crippen LogP contribution in [-0.2, 0) is 31.5 Å². The quantitative estimate of drug-likeness (QED) is 0.194. The summed E-state index contributed by atoms with van der Waals surface area (Å²) in [6.07, 6.45) is -4.44. The molecular weight excluding hydrogens is 682 g/mol. The van der Waals surface area contributed by atoms with E-state index in [4.69, 9.17) is 5.11 Å². The maximum Gasteiger partial charge on any atom is 0.435 e. The number of fused-ring (bicyclic) bond motifs is 3. The maximum absolute atomic E-state index is 14.9. The highest BCUT2D eigenvalue weighted by Crippen LogP contribution is 2.57. The van der Waals surface area contributed by atoms with Crippen molar-refractivity contribution >= 4 is 15.7 Å². The number of alkyl halides is 7. The number of nitrogens with zero attached hydrogens (tertiary/aromatic N) is 1. The summed E-state index contributed by atoms with van der Waals surface area (Å²) in [5.41, 5.74) is -6.42. The zero-order valence-electron chi connectivity index (χ0n) is 27.3. The molecule has 1 heterocycles. The molecule has 2 atom stereocenters. The number of aliphatic hydroxyl groups excluding tert-OH is 1. The Bertz CT molecular complexity index is 1600. The normalized spacial score (nSPS) is 22.8. The van der Waals surface area contributed by atoms with Gasteiger partial charge in [-0.05, 0) is 92.3 Å². The minimum Gasteiger partial charge on any atom is -0.516 e. The van der Waals surface area contributed by atoms with Gasteiger partial charge in [-0.2, -0.15) is 26.3 Å². The Morgan fingerprint density at radius 3 is 1.94 bits per heavy atom. The van der Waals surface area contributed by atoms with Gasteiger partial charge >= 0.3 is 18.0 Å². The van der Waals surface area contributed by atoms with Crippen LogP contribution in [0.25, 0.3) is 0 Å². The number of rotatable bonds is 4. The zero-order chi connectivity index (χ0) is 36.4. The summed E-state index contributed by atoms with van der Waals surface area (Å²) >= 11 is 0. The van der Waals surface area contributed by atoms with Crippen LogP contribution < -0.4 is 0 Å². The zero-order valence-corrected chi connectivity index (χ0v) is 28.1. The number of aliphatic hydroxyl groups is 1. The summed E-state index contributed by atoms with van der Waals surface area (Å²) in [6.45, 7) is 4.00. The molecule has 1 N–H and O–H groups in total. The molecule has 2 aromatic rings. The van der Waals surface area contributed by atoms with Crippen LogP contribution in [0, 0.1) is 11.7 Å². The monoisotopic (exact) mass is 723 g/mol. The minimum absolute atomic E-state index is 0.000231. The molecule has 2 saturated carbocycles. The van der Waals surface area contributed by atoms with Gasteiger partial charge in [0.1, 0.15) is 10.6 Å². The summed E-state index contributed by atoms with van der Waals surface area (Å²) < 4.78 is 136. The molecule has 0 unspecified atom stereocenters. The number of likely N-dealkylation sites (tertiary alicyclic amines) is 1. The Morgan fingerprint density at radius 1 is 0.857 bits per heavy atom. The molecule has 3 fully saturated rings. The molecule has 49 heavy (non-hydrogen) atoms. The van der Waals surface area contributed by atoms with Crippen molar-refractivity contribution in [1.29, 1.82) is 0 Å². The van der Waals surface area contributed by atoms with E-state index in [1.165, 1.54) is 23.2 Å². The Morgan fingerprint density at radius 2 is 1.45 bits per heavy atom. The van der Waals surface area contributed by atoms with Gasteiger partial charge in [0.05, 0.1) is 17.2 Å². The van der Waals surface area contributed by atoms with E-state index in [9.17, 15) is 48.3 Å². The average molecular weight is 724 g/mol. The van der Waals surface area contributed by atoms with Gasteiger partial charge in [0.2, 0.25) is 5.91 Å². The van der Waals surface area contributed by atoms with E-state index in [-0.39, 0.29) is 53.7 Å². The fraction of sp³-hybridized carbons (Fsp3) is 0.571. The van der Waals surface area contributed by atoms with Gasteiger partial charge in [0, 0.05) is 18.0 Å². The van der Waals surface area contributed by atoms with Gasteiger partial charge in [-0.25, -0.2) is 17.2 Å². The maximum atomic E-state index is 14.9. The molecule has 1 saturated heterocycles. The average Bonchev–Trinajstić information content (AvgIpc) is 3.46. The molecule has 0 bridgehead atoms. The lowest BCUT2D eigenvalue weighted by atomic mass is 9.76. The van der Waals surface area contributed by atoms with Crippen molar-refractivity contribution < 1.29 is 53.4 Å². The first-order valence-corrected chi connectivity index (χ1v) is 18.1. The van der Waals surface area contributed by atoms with Crippen molar-refractivity contribution in [3.8, 4) is 0 Å². The van der Waals surface area contributed by atoms with E-state index in [0.717, 1.165) is 62.4 Å². The summed E-state index contributed by atoms with van der Waals surface area (Å²) in [5.74, 6) is -1.27. The summed E-state index contributed by atoms with van der Waals surface area (Å²) in [5, 5.41) is 8.22. The van der Waals surface area contributed by atoms with Crippen molar-refractivity contribution in [3.05, 3.63) is 76.8 Å². The topological polar surface area (TPSA) is 74.7 Å². The highest BCUT2D eigenvalue weighted by atomic mass is 32.2. The predicted octanol–water partition coefficient (Wildman–Crippen LogP) is 9.55. The van der Waals surface area contributed by atoms with Crippen LogP contribution in [0.2, 0.25) is 0 Å². The van der Waals surface area contributed by atoms with E-state index in [0.29, 0.717) is 25.0 Å². The first-order chi connectivity index (χ1) is 23.0. The standard InChI is InChI=1S/C28H27F8NO3S.C5H8O.C2H6/c29-20-8-10-21(11-9-20)41(39,40)25-14-15-37(24(38)17-4-2-1-3-5-17)23(25)13-6-18-16-19(7-12-22(18)25)26(30,27(31,32)33)28(34,35)36;6-4-5-2-1-3-5;1-2/h7-12,16-17,23H,1-6,13-15H2;4,6H,1-3H2;1-2H3/t23-,25-;;/m1../s1. The first kappa shape index (κ1) is 38.6. The number of hydrogen-bond donors (Lipinski definition) is 1. The Balaban J connectivity index is 0.000000602. The second-order valence-corrected chi connectivity index (χ2v) is 14.9. The van der Waals surface area contributed by atoms with Crippen LogP contribution in [0.5, 0.6) is 0 Å². The van der Waals surface area contributed by atoms with Crippen LogP contribution in [-0.4, -0.2) is 49.3 Å². The number of sulfone groups is 1. The Kier molecular flexibility index (Phi) is 11.5. The highest BCUT2D eigenvalue weighted by molar-refractivity contribution is 7.92. The second kappa shape index (κ2) is 14.6. The van der Waals surface area contributed by atoms with Gasteiger partial charge in [-0.15, -0.1) is 0 Å². The van der Waals surface area contributed by atoms with E-state index in [1.54, 1.807) is 0 Å². The third-order valence-corrected chi connectivity index (χ3v) is 12.6. The van der Waals surface area contributed by atoms with E-state index in [2.05, 4.69) is 0 Å². The molecule has 272 valence electrons. The fourth-order valence-corrected chi connectivity index (χ4v) is 9.78. The summed E-state index contributed by atoms with van der Waals surface area (Å²) in [7, 11) is -4.49. The van der Waals surface area contributed by atoms with Gasteiger partial charge in [0.15, 0.2) is 9.84 Å². The molecule has 4 aliphatic rings. The molecule has 0 spiro atoms. The molecule has 1 amide bonds. The minimum atomic E-state index is -6.33. The van der Waals surface area contributed by atoms with Crippen LogP contribution >= 0.6 is 0 Å². The fourth-order valence-electron chi connectivity index (χ4n) is 7.41. The first-order valence-electron chi connectivity index (χ1n) is 16.6. The van der Waals surface area contributed by atoms with Crippen molar-refractivity contribution in [2.75, 3.05) is 6.54 Å². The number of carbonyl (C=O) groups is 1. The number of halogens is 8. The molecular formula is C35H41F8NO4S. The third kappa shape index (κ3) is 6.82. The van der Waals surface area contributed by atoms with Crippen LogP contribution in [0.4, 0.5) is 35.1 Å². The van der Waals surface area contributed by atoms with Crippen LogP contribution in [0.3, 0.4) is 0 Å². The number of allylic oxidation sites excluding steroid dienone is 1. The molecule has 6 rings (SSSR count). The summed E-state index contributed by atoms with van der Waals surface area (Å²) in [6, 6.07) is 4.54. The smallest absolute Gasteiger partial charge is 0.435 e. The van der Waals surface area contributed by atoms with Crippen LogP contribution in [0.15, 0.2) is 59.2 Å². The van der Waals surface area contributed by atoms with Gasteiger partial charge < -0.3 is 10.0 Å². The number of amides is 1. The number of aryl methyl sites for hydroxylation is 1. The SMILES string of the molecule is CC.O=C(C1CCCCC1)N1CC[C@@]2(S(=O)(=O)c3ccc(F)cc3)c3ccc(C(F)(C(F)(F)F)C(F)(F)F)cc3CC[C@@H]12.OC=C1CCC1. The lowest BCUT2D eigenvalue weighted by Crippen LogP contribution is -2.53. The molecule has 2 aromatic carbocycles. The highest BCUT2D eigenvalue weighted by Gasteiger charge is 2.74. The molecule has 0 aromatic heterocycles. The van der Waals surface area contributed by atoms with Crippen molar-refractivity contribution in [3.63, 3.8) is 0 Å². The summed E-state index contributed by atoms with van der Waals surface area (Å²) in [4.78, 5) is 14.8. The van der Waals surface area contributed by atoms with Crippen LogP contribution in [0.1, 0.15) is 94.7 Å². The number of hydrogen-bond acceptors (Lipinski definition) is 4. The lowest BCUT2D eigenvalue weighted by molar-refractivity contribution is -0.348. The third-order valence-electron chi connectivity index (χ3n) is 10.1. The number of carbonyl (C=O) groups excluding carboxylic acids is 1. The van der Waals surface area contributed by atoms with E-state index < -0.39 is 50.0 Å². The van der Waals surface area contributed by atoms with Crippen molar-refractivity contribution in [2.24, 2.45) is 5.92 Å². The molecule has 1 aliphatic heterocycles. The largest absolute Gasteiger partial charge is 0.516 e. The Labute approximate surface area is 281 Å². The van der Waals surface area contributed by atoms with E-state index in [1.807, 2.05) is 13.8 Å². The number of benzene rings is 2. The van der Waals surface area contributed by atoms with Crippen molar-refractivity contribution in [1.82, 2.24) is 4.90 Å². The molecule has 14 heteroatoms. The molecule has 0 radical (unpaired) electrons. The second-order valence-electron chi connectivity index (χ2n) is 12.7. The van der Waals surface area contributed by atoms with Gasteiger partial charge in [-0.3, -0.25) is 4.79 Å². The van der Waals surface area contributed by atoms with Gasteiger partial charge in [0.25, 0.3) is 0 Å². The molecule has 3 aliphatic carbocycles. The van der Waals surface area contributed by atoms with Crippen molar-refractivity contribution in [2.45, 2.75) is 118 Å². The van der Waals surface area contributed by atoms with Gasteiger partial charge in [-0.1, -0.05) is 51.3 Å².